The lowest BCUT2D eigenvalue weighted by atomic mass is 9.86. The molecule has 1 aliphatic rings. The molecule has 1 aromatic carbocycles. The van der Waals surface area contributed by atoms with Crippen LogP contribution >= 0.6 is 0 Å². The van der Waals surface area contributed by atoms with E-state index in [9.17, 15) is 9.90 Å². The van der Waals surface area contributed by atoms with Gasteiger partial charge in [0.2, 0.25) is 0 Å². The first-order valence-corrected chi connectivity index (χ1v) is 5.32. The average molecular weight is 221 g/mol. The third-order valence-electron chi connectivity index (χ3n) is 3.16. The predicted molar refractivity (Wildman–Crippen MR) is 60.7 cm³/mol. The maximum atomic E-state index is 10.8. The van der Waals surface area contributed by atoms with Crippen molar-refractivity contribution in [2.75, 3.05) is 18.5 Å². The number of carboxylic acids is 1. The Kier molecular flexibility index (Phi) is 2.83. The molecule has 0 saturated heterocycles. The van der Waals surface area contributed by atoms with Gasteiger partial charge in [0.15, 0.2) is 6.10 Å². The molecule has 4 heteroatoms. The maximum absolute atomic E-state index is 10.8. The summed E-state index contributed by atoms with van der Waals surface area (Å²) < 4.78 is 0. The van der Waals surface area contributed by atoms with Crippen molar-refractivity contribution >= 4 is 11.7 Å². The lowest BCUT2D eigenvalue weighted by Crippen LogP contribution is -2.35. The number of hydrogen-bond donors (Lipinski definition) is 2. The number of anilines is 1. The minimum atomic E-state index is -1.31. The van der Waals surface area contributed by atoms with E-state index in [0.717, 1.165) is 17.8 Å². The normalized spacial score (nSPS) is 21.4. The third kappa shape index (κ3) is 1.76. The Morgan fingerprint density at radius 3 is 2.88 bits per heavy atom. The molecule has 0 spiro atoms. The van der Waals surface area contributed by atoms with E-state index in [2.05, 4.69) is 4.90 Å². The predicted octanol–water partition coefficient (Wildman–Crippen LogP) is 1.06. The Hall–Kier alpha value is -1.55. The lowest BCUT2D eigenvalue weighted by Gasteiger charge is -2.34. The molecule has 0 aromatic heterocycles. The summed E-state index contributed by atoms with van der Waals surface area (Å²) in [5.41, 5.74) is 1.94. The largest absolute Gasteiger partial charge is 0.479 e. The van der Waals surface area contributed by atoms with Crippen LogP contribution in [0.2, 0.25) is 0 Å². The van der Waals surface area contributed by atoms with E-state index in [4.69, 9.17) is 5.11 Å². The summed E-state index contributed by atoms with van der Waals surface area (Å²) in [5, 5.41) is 18.5. The minimum Gasteiger partial charge on any atom is -0.479 e. The standard InChI is InChI=1S/C12H15NO3/c1-13-7-6-9(11(14)12(15)16)8-4-2-3-5-10(8)13/h2-5,9,11,14H,6-7H2,1H3,(H,15,16). The smallest absolute Gasteiger partial charge is 0.333 e. The second kappa shape index (κ2) is 4.14. The average Bonchev–Trinajstić information content (AvgIpc) is 2.29. The van der Waals surface area contributed by atoms with Crippen molar-refractivity contribution in [3.63, 3.8) is 0 Å². The Morgan fingerprint density at radius 2 is 2.19 bits per heavy atom. The van der Waals surface area contributed by atoms with Gasteiger partial charge in [0, 0.05) is 25.2 Å². The van der Waals surface area contributed by atoms with Crippen molar-refractivity contribution in [3.8, 4) is 0 Å². The number of para-hydroxylation sites is 1. The van der Waals surface area contributed by atoms with Crippen molar-refractivity contribution in [3.05, 3.63) is 29.8 Å². The number of fused-ring (bicyclic) bond motifs is 1. The van der Waals surface area contributed by atoms with Crippen LogP contribution < -0.4 is 4.90 Å². The summed E-state index contributed by atoms with van der Waals surface area (Å²) in [5.74, 6) is -1.45. The first-order chi connectivity index (χ1) is 7.61. The molecule has 4 nitrogen and oxygen atoms in total. The van der Waals surface area contributed by atoms with Crippen LogP contribution in [0.25, 0.3) is 0 Å². The van der Waals surface area contributed by atoms with Crippen LogP contribution in [0.15, 0.2) is 24.3 Å². The zero-order chi connectivity index (χ0) is 11.7. The highest BCUT2D eigenvalue weighted by atomic mass is 16.4. The van der Waals surface area contributed by atoms with Gasteiger partial charge < -0.3 is 15.1 Å². The van der Waals surface area contributed by atoms with Crippen LogP contribution in [0.4, 0.5) is 5.69 Å². The van der Waals surface area contributed by atoms with Crippen LogP contribution in [0.5, 0.6) is 0 Å². The van der Waals surface area contributed by atoms with Gasteiger partial charge >= 0.3 is 5.97 Å². The lowest BCUT2D eigenvalue weighted by molar-refractivity contribution is -0.148. The molecule has 16 heavy (non-hydrogen) atoms. The number of rotatable bonds is 2. The van der Waals surface area contributed by atoms with Gasteiger partial charge in [-0.05, 0) is 18.1 Å². The van der Waals surface area contributed by atoms with Gasteiger partial charge in [-0.1, -0.05) is 18.2 Å². The van der Waals surface area contributed by atoms with Crippen LogP contribution in [0.1, 0.15) is 17.9 Å². The zero-order valence-electron chi connectivity index (χ0n) is 9.13. The molecular weight excluding hydrogens is 206 g/mol. The maximum Gasteiger partial charge on any atom is 0.333 e. The molecule has 2 rings (SSSR count). The molecule has 1 heterocycles. The summed E-state index contributed by atoms with van der Waals surface area (Å²) in [6.07, 6.45) is -0.643. The summed E-state index contributed by atoms with van der Waals surface area (Å²) in [7, 11) is 1.97. The summed E-state index contributed by atoms with van der Waals surface area (Å²) in [6, 6.07) is 7.64. The van der Waals surface area contributed by atoms with Crippen LogP contribution in [0.3, 0.4) is 0 Å². The van der Waals surface area contributed by atoms with Crippen LogP contribution in [-0.4, -0.2) is 35.9 Å². The van der Waals surface area contributed by atoms with Gasteiger partial charge in [0.1, 0.15) is 0 Å². The highest BCUT2D eigenvalue weighted by Crippen LogP contribution is 2.36. The van der Waals surface area contributed by atoms with Crippen molar-refractivity contribution < 1.29 is 15.0 Å². The van der Waals surface area contributed by atoms with Gasteiger partial charge in [0.05, 0.1) is 0 Å². The van der Waals surface area contributed by atoms with E-state index in [0.29, 0.717) is 6.42 Å². The molecule has 2 unspecified atom stereocenters. The van der Waals surface area contributed by atoms with Gasteiger partial charge in [-0.15, -0.1) is 0 Å². The van der Waals surface area contributed by atoms with Gasteiger partial charge in [-0.2, -0.15) is 0 Å². The van der Waals surface area contributed by atoms with Crippen LogP contribution in [0, 0.1) is 0 Å². The summed E-state index contributed by atoms with van der Waals surface area (Å²) >= 11 is 0. The molecular formula is C12H15NO3. The Balaban J connectivity index is 2.38. The quantitative estimate of drug-likeness (QED) is 0.783. The van der Waals surface area contributed by atoms with E-state index in [1.54, 1.807) is 0 Å². The van der Waals surface area contributed by atoms with Crippen molar-refractivity contribution in [2.45, 2.75) is 18.4 Å². The van der Waals surface area contributed by atoms with E-state index in [1.165, 1.54) is 0 Å². The summed E-state index contributed by atoms with van der Waals surface area (Å²) in [6.45, 7) is 0.770. The first-order valence-electron chi connectivity index (χ1n) is 5.32. The molecule has 2 N–H and O–H groups in total. The molecule has 0 saturated carbocycles. The number of carboxylic acid groups (broad SMARTS) is 1. The van der Waals surface area contributed by atoms with Crippen LogP contribution in [-0.2, 0) is 4.79 Å². The number of aliphatic hydroxyl groups is 1. The summed E-state index contributed by atoms with van der Waals surface area (Å²) in [4.78, 5) is 12.9. The second-order valence-corrected chi connectivity index (χ2v) is 4.16. The highest BCUT2D eigenvalue weighted by Gasteiger charge is 2.32. The molecule has 0 fully saturated rings. The van der Waals surface area contributed by atoms with Crippen molar-refractivity contribution in [1.29, 1.82) is 0 Å². The third-order valence-corrected chi connectivity index (χ3v) is 3.16. The number of hydrogen-bond acceptors (Lipinski definition) is 3. The molecule has 0 aliphatic carbocycles. The van der Waals surface area contributed by atoms with Crippen molar-refractivity contribution in [2.24, 2.45) is 0 Å². The van der Waals surface area contributed by atoms with Gasteiger partial charge in [0.25, 0.3) is 0 Å². The molecule has 0 bridgehead atoms. The second-order valence-electron chi connectivity index (χ2n) is 4.16. The topological polar surface area (TPSA) is 60.8 Å². The van der Waals surface area contributed by atoms with Gasteiger partial charge in [-0.3, -0.25) is 0 Å². The first kappa shape index (κ1) is 11.0. The van der Waals surface area contributed by atoms with E-state index in [-0.39, 0.29) is 5.92 Å². The monoisotopic (exact) mass is 221 g/mol. The van der Waals surface area contributed by atoms with E-state index in [1.807, 2.05) is 31.3 Å². The SMILES string of the molecule is CN1CCC(C(O)C(=O)O)c2ccccc21. The molecule has 1 aromatic rings. The fraction of sp³-hybridized carbons (Fsp3) is 0.417. The van der Waals surface area contributed by atoms with Gasteiger partial charge in [-0.25, -0.2) is 4.79 Å². The molecule has 2 atom stereocenters. The van der Waals surface area contributed by atoms with E-state index < -0.39 is 12.1 Å². The fourth-order valence-corrected chi connectivity index (χ4v) is 2.26. The number of aliphatic hydroxyl groups excluding tert-OH is 1. The Bertz CT molecular complexity index is 405. The number of carbonyl (C=O) groups is 1. The zero-order valence-corrected chi connectivity index (χ0v) is 9.13. The molecule has 1 aliphatic heterocycles. The minimum absolute atomic E-state index is 0.301. The Morgan fingerprint density at radius 1 is 1.50 bits per heavy atom. The highest BCUT2D eigenvalue weighted by molar-refractivity contribution is 5.74. The molecule has 0 amide bonds. The fourth-order valence-electron chi connectivity index (χ4n) is 2.26. The van der Waals surface area contributed by atoms with E-state index >= 15 is 0 Å². The molecule has 0 radical (unpaired) electrons. The Labute approximate surface area is 94.1 Å². The number of nitrogens with zero attached hydrogens (tertiary/aromatic N) is 1. The number of benzene rings is 1. The van der Waals surface area contributed by atoms with Crippen molar-refractivity contribution in [1.82, 2.24) is 0 Å². The number of aliphatic carboxylic acids is 1. The molecule has 86 valence electrons.